The number of hydrogen-bond acceptors (Lipinski definition) is 2. The van der Waals surface area contributed by atoms with Crippen molar-refractivity contribution in [2.24, 2.45) is 23.2 Å². The minimum atomic E-state index is -0.737. The molecule has 21 heavy (non-hydrogen) atoms. The first-order valence-corrected chi connectivity index (χ1v) is 9.10. The van der Waals surface area contributed by atoms with E-state index in [0.29, 0.717) is 11.8 Å². The summed E-state index contributed by atoms with van der Waals surface area (Å²) in [6.07, 6.45) is 10.4. The summed E-state index contributed by atoms with van der Waals surface area (Å²) in [5, 5.41) is 21.3. The van der Waals surface area contributed by atoms with E-state index in [9.17, 15) is 10.4 Å². The minimum Gasteiger partial charge on any atom is -0.388 e. The standard InChI is InChI=1S/C19H33NO/c1-4-16-7-5-10-18(13-16,14-20)19(21)11-6-8-17(9-12-19)15(2)3/h15-17,21H,4-13H2,1-3H3. The van der Waals surface area contributed by atoms with E-state index in [4.69, 9.17) is 0 Å². The van der Waals surface area contributed by atoms with Crippen LogP contribution in [0.1, 0.15) is 85.0 Å². The first kappa shape index (κ1) is 16.8. The van der Waals surface area contributed by atoms with Gasteiger partial charge in [0.05, 0.1) is 17.1 Å². The summed E-state index contributed by atoms with van der Waals surface area (Å²) < 4.78 is 0. The van der Waals surface area contributed by atoms with Crippen molar-refractivity contribution in [2.75, 3.05) is 0 Å². The highest BCUT2D eigenvalue weighted by atomic mass is 16.3. The molecule has 0 aromatic rings. The molecule has 0 saturated heterocycles. The van der Waals surface area contributed by atoms with Crippen molar-refractivity contribution in [3.8, 4) is 6.07 Å². The van der Waals surface area contributed by atoms with E-state index >= 15 is 0 Å². The number of rotatable bonds is 3. The van der Waals surface area contributed by atoms with Crippen molar-refractivity contribution in [3.63, 3.8) is 0 Å². The molecule has 0 aliphatic heterocycles. The normalized spacial score (nSPS) is 41.5. The number of hydrogen-bond donors (Lipinski definition) is 1. The first-order chi connectivity index (χ1) is 9.96. The summed E-state index contributed by atoms with van der Waals surface area (Å²) in [6, 6.07) is 2.61. The molecule has 120 valence electrons. The molecule has 2 saturated carbocycles. The average molecular weight is 291 g/mol. The van der Waals surface area contributed by atoms with Crippen LogP contribution in [0.25, 0.3) is 0 Å². The van der Waals surface area contributed by atoms with E-state index in [2.05, 4.69) is 26.8 Å². The van der Waals surface area contributed by atoms with Crippen LogP contribution in [0.2, 0.25) is 0 Å². The zero-order valence-electron chi connectivity index (χ0n) is 14.2. The zero-order chi connectivity index (χ0) is 15.5. The fourth-order valence-electron chi connectivity index (χ4n) is 4.86. The lowest BCUT2D eigenvalue weighted by Crippen LogP contribution is -2.50. The molecule has 2 nitrogen and oxygen atoms in total. The Morgan fingerprint density at radius 2 is 1.86 bits per heavy atom. The smallest absolute Gasteiger partial charge is 0.0862 e. The van der Waals surface area contributed by atoms with Crippen LogP contribution in [0.5, 0.6) is 0 Å². The predicted octanol–water partition coefficient (Wildman–Crippen LogP) is 5.06. The second kappa shape index (κ2) is 6.69. The lowest BCUT2D eigenvalue weighted by Gasteiger charge is -2.47. The fraction of sp³-hybridized carbons (Fsp3) is 0.947. The van der Waals surface area contributed by atoms with E-state index in [1.54, 1.807) is 0 Å². The van der Waals surface area contributed by atoms with Gasteiger partial charge in [0, 0.05) is 0 Å². The van der Waals surface area contributed by atoms with E-state index in [0.717, 1.165) is 57.3 Å². The van der Waals surface area contributed by atoms with Crippen molar-refractivity contribution in [3.05, 3.63) is 0 Å². The van der Waals surface area contributed by atoms with Crippen LogP contribution in [0, 0.1) is 34.5 Å². The van der Waals surface area contributed by atoms with Crippen molar-refractivity contribution < 1.29 is 5.11 Å². The van der Waals surface area contributed by atoms with Crippen LogP contribution in [0.4, 0.5) is 0 Å². The van der Waals surface area contributed by atoms with Crippen molar-refractivity contribution in [2.45, 2.75) is 90.6 Å². The Morgan fingerprint density at radius 3 is 2.48 bits per heavy atom. The van der Waals surface area contributed by atoms with Gasteiger partial charge in [0.15, 0.2) is 0 Å². The van der Waals surface area contributed by atoms with Crippen molar-refractivity contribution in [1.29, 1.82) is 5.26 Å². The van der Waals surface area contributed by atoms with Gasteiger partial charge in [-0.2, -0.15) is 5.26 Å². The lowest BCUT2D eigenvalue weighted by atomic mass is 9.59. The predicted molar refractivity (Wildman–Crippen MR) is 86.7 cm³/mol. The number of nitrogens with zero attached hydrogens (tertiary/aromatic N) is 1. The maximum atomic E-state index is 11.4. The quantitative estimate of drug-likeness (QED) is 0.738. The molecule has 2 heteroatoms. The molecule has 0 aromatic heterocycles. The van der Waals surface area contributed by atoms with Crippen LogP contribution >= 0.6 is 0 Å². The molecule has 2 aliphatic rings. The molecular formula is C19H33NO. The Kier molecular flexibility index (Phi) is 5.36. The summed E-state index contributed by atoms with van der Waals surface area (Å²) in [7, 11) is 0. The van der Waals surface area contributed by atoms with Crippen LogP contribution < -0.4 is 0 Å². The van der Waals surface area contributed by atoms with Gasteiger partial charge in [0.1, 0.15) is 0 Å². The molecule has 0 heterocycles. The second-order valence-corrected chi connectivity index (χ2v) is 8.03. The van der Waals surface area contributed by atoms with Gasteiger partial charge < -0.3 is 5.11 Å². The van der Waals surface area contributed by atoms with Gasteiger partial charge in [-0.15, -0.1) is 0 Å². The third-order valence-corrected chi connectivity index (χ3v) is 6.57. The SMILES string of the molecule is CCC1CCCC(C#N)(C2(O)CCCC(C(C)C)CC2)C1. The highest BCUT2D eigenvalue weighted by Crippen LogP contribution is 2.52. The third-order valence-electron chi connectivity index (χ3n) is 6.57. The molecule has 0 amide bonds. The zero-order valence-corrected chi connectivity index (χ0v) is 14.2. The molecule has 1 N–H and O–H groups in total. The summed E-state index contributed by atoms with van der Waals surface area (Å²) >= 11 is 0. The van der Waals surface area contributed by atoms with Crippen LogP contribution in [0.3, 0.4) is 0 Å². The molecular weight excluding hydrogens is 258 g/mol. The summed E-state index contributed by atoms with van der Waals surface area (Å²) in [4.78, 5) is 0. The van der Waals surface area contributed by atoms with Gasteiger partial charge in [-0.1, -0.05) is 52.9 Å². The van der Waals surface area contributed by atoms with Crippen molar-refractivity contribution >= 4 is 0 Å². The van der Waals surface area contributed by atoms with Crippen LogP contribution in [-0.4, -0.2) is 10.7 Å². The Balaban J connectivity index is 2.18. The minimum absolute atomic E-state index is 0.474. The van der Waals surface area contributed by atoms with Gasteiger partial charge in [0.2, 0.25) is 0 Å². The van der Waals surface area contributed by atoms with Crippen LogP contribution in [-0.2, 0) is 0 Å². The lowest BCUT2D eigenvalue weighted by molar-refractivity contribution is -0.0929. The van der Waals surface area contributed by atoms with E-state index in [1.807, 2.05) is 0 Å². The second-order valence-electron chi connectivity index (χ2n) is 8.03. The van der Waals surface area contributed by atoms with E-state index in [-0.39, 0.29) is 0 Å². The Morgan fingerprint density at radius 1 is 1.14 bits per heavy atom. The van der Waals surface area contributed by atoms with Gasteiger partial charge in [-0.05, 0) is 49.9 Å². The van der Waals surface area contributed by atoms with E-state index in [1.165, 1.54) is 12.8 Å². The van der Waals surface area contributed by atoms with Gasteiger partial charge in [-0.25, -0.2) is 0 Å². The Hall–Kier alpha value is -0.550. The van der Waals surface area contributed by atoms with E-state index < -0.39 is 11.0 Å². The molecule has 0 radical (unpaired) electrons. The fourth-order valence-corrected chi connectivity index (χ4v) is 4.86. The summed E-state index contributed by atoms with van der Waals surface area (Å²) in [6.45, 7) is 6.82. The largest absolute Gasteiger partial charge is 0.388 e. The topological polar surface area (TPSA) is 44.0 Å². The molecule has 4 atom stereocenters. The number of nitriles is 1. The molecule has 0 spiro atoms. The molecule has 2 fully saturated rings. The summed E-state index contributed by atoms with van der Waals surface area (Å²) in [5.74, 6) is 2.05. The molecule has 4 unspecified atom stereocenters. The maximum Gasteiger partial charge on any atom is 0.0862 e. The molecule has 2 rings (SSSR count). The third kappa shape index (κ3) is 3.29. The Labute approximate surface area is 130 Å². The molecule has 2 aliphatic carbocycles. The van der Waals surface area contributed by atoms with Crippen molar-refractivity contribution in [1.82, 2.24) is 0 Å². The summed E-state index contributed by atoms with van der Waals surface area (Å²) in [5.41, 5.74) is -1.21. The van der Waals surface area contributed by atoms with Gasteiger partial charge in [-0.3, -0.25) is 0 Å². The number of aliphatic hydroxyl groups is 1. The van der Waals surface area contributed by atoms with Gasteiger partial charge >= 0.3 is 0 Å². The van der Waals surface area contributed by atoms with Gasteiger partial charge in [0.25, 0.3) is 0 Å². The monoisotopic (exact) mass is 291 g/mol. The molecule has 0 bridgehead atoms. The first-order valence-electron chi connectivity index (χ1n) is 9.10. The molecule has 0 aromatic carbocycles. The highest BCUT2D eigenvalue weighted by Gasteiger charge is 2.52. The highest BCUT2D eigenvalue weighted by molar-refractivity contribution is 5.14. The van der Waals surface area contributed by atoms with Crippen LogP contribution in [0.15, 0.2) is 0 Å². The maximum absolute atomic E-state index is 11.4. The Bertz CT molecular complexity index is 386. The average Bonchev–Trinajstić information content (AvgIpc) is 2.70.